The smallest absolute Gasteiger partial charge is 0.251 e. The number of nitrogens with one attached hydrogen (secondary N) is 2. The van der Waals surface area contributed by atoms with Crippen LogP contribution in [0.2, 0.25) is 5.02 Å². The van der Waals surface area contributed by atoms with Crippen LogP contribution in [0.25, 0.3) is 11.1 Å². The van der Waals surface area contributed by atoms with Crippen LogP contribution in [0.3, 0.4) is 0 Å². The number of carbonyl (C=O) groups is 2. The van der Waals surface area contributed by atoms with Gasteiger partial charge in [0.1, 0.15) is 11.9 Å². The van der Waals surface area contributed by atoms with Crippen LogP contribution in [-0.4, -0.2) is 21.6 Å². The molecular weight excluding hydrogens is 376 g/mol. The van der Waals surface area contributed by atoms with Crippen molar-refractivity contribution in [3.05, 3.63) is 64.8 Å². The molecule has 28 heavy (non-hydrogen) atoms. The lowest BCUT2D eigenvalue weighted by Gasteiger charge is -2.10. The molecule has 0 bridgehead atoms. The molecule has 2 N–H and O–H groups in total. The molecule has 0 radical (unpaired) electrons. The topological polar surface area (TPSA) is 76.0 Å². The van der Waals surface area contributed by atoms with Crippen LogP contribution >= 0.6 is 11.6 Å². The lowest BCUT2D eigenvalue weighted by molar-refractivity contribution is -0.123. The molecular formula is C21H19ClN4O2. The Kier molecular flexibility index (Phi) is 4.65. The number of hydrogen-bond donors (Lipinski definition) is 2. The second-order valence-electron chi connectivity index (χ2n) is 6.89. The van der Waals surface area contributed by atoms with E-state index in [9.17, 15) is 9.59 Å². The highest BCUT2D eigenvalue weighted by Crippen LogP contribution is 2.38. The van der Waals surface area contributed by atoms with Gasteiger partial charge in [0.15, 0.2) is 0 Å². The Morgan fingerprint density at radius 2 is 1.96 bits per heavy atom. The van der Waals surface area contributed by atoms with Crippen molar-refractivity contribution in [2.75, 3.05) is 10.6 Å². The van der Waals surface area contributed by atoms with Crippen molar-refractivity contribution < 1.29 is 9.59 Å². The summed E-state index contributed by atoms with van der Waals surface area (Å²) in [5.41, 5.74) is 4.26. The van der Waals surface area contributed by atoms with E-state index in [4.69, 9.17) is 11.6 Å². The molecule has 2 amide bonds. The molecule has 7 heteroatoms. The average Bonchev–Trinajstić information content (AvgIpc) is 3.11. The number of fused-ring (bicyclic) bond motifs is 1. The van der Waals surface area contributed by atoms with Crippen LogP contribution in [0, 0.1) is 13.8 Å². The molecule has 0 fully saturated rings. The fraction of sp³-hybridized carbons (Fsp3) is 0.190. The summed E-state index contributed by atoms with van der Waals surface area (Å²) in [6.07, 6.45) is 0.00279. The summed E-state index contributed by atoms with van der Waals surface area (Å²) in [4.78, 5) is 25.0. The molecule has 142 valence electrons. The summed E-state index contributed by atoms with van der Waals surface area (Å²) in [6, 6.07) is 14.2. The highest BCUT2D eigenvalue weighted by Gasteiger charge is 2.36. The van der Waals surface area contributed by atoms with Crippen LogP contribution < -0.4 is 10.6 Å². The number of carbonyl (C=O) groups excluding carboxylic acids is 2. The second-order valence-corrected chi connectivity index (χ2v) is 7.32. The first-order valence-corrected chi connectivity index (χ1v) is 9.32. The first-order chi connectivity index (χ1) is 13.4. The number of halogens is 1. The molecule has 1 aliphatic heterocycles. The van der Waals surface area contributed by atoms with Gasteiger partial charge in [0.05, 0.1) is 12.1 Å². The average molecular weight is 395 g/mol. The van der Waals surface area contributed by atoms with Crippen molar-refractivity contribution in [1.82, 2.24) is 9.78 Å². The van der Waals surface area contributed by atoms with Crippen LogP contribution in [0.15, 0.2) is 48.5 Å². The molecule has 0 saturated heterocycles. The monoisotopic (exact) mass is 394 g/mol. The maximum absolute atomic E-state index is 12.5. The zero-order valence-corrected chi connectivity index (χ0v) is 16.2. The van der Waals surface area contributed by atoms with Gasteiger partial charge in [-0.05, 0) is 43.7 Å². The Bertz CT molecular complexity index is 1070. The van der Waals surface area contributed by atoms with E-state index in [0.29, 0.717) is 16.5 Å². The Morgan fingerprint density at radius 3 is 2.68 bits per heavy atom. The number of rotatable bonds is 4. The zero-order chi connectivity index (χ0) is 19.8. The Labute approximate surface area is 167 Å². The minimum Gasteiger partial charge on any atom is -0.326 e. The lowest BCUT2D eigenvalue weighted by atomic mass is 10.1. The third-order valence-corrected chi connectivity index (χ3v) is 4.99. The van der Waals surface area contributed by atoms with E-state index in [2.05, 4.69) is 15.7 Å². The predicted molar refractivity (Wildman–Crippen MR) is 110 cm³/mol. The quantitative estimate of drug-likeness (QED) is 0.691. The van der Waals surface area contributed by atoms with E-state index in [0.717, 1.165) is 22.4 Å². The predicted octanol–water partition coefficient (Wildman–Crippen LogP) is 4.34. The van der Waals surface area contributed by atoms with Gasteiger partial charge in [-0.2, -0.15) is 5.10 Å². The van der Waals surface area contributed by atoms with Gasteiger partial charge in [-0.3, -0.25) is 9.59 Å². The summed E-state index contributed by atoms with van der Waals surface area (Å²) < 4.78 is 1.60. The number of amides is 2. The normalized spacial score (nSPS) is 15.2. The molecule has 3 aromatic rings. The van der Waals surface area contributed by atoms with Gasteiger partial charge in [-0.25, -0.2) is 4.68 Å². The largest absolute Gasteiger partial charge is 0.326 e. The lowest BCUT2D eigenvalue weighted by Crippen LogP contribution is -2.23. The number of anilines is 2. The van der Waals surface area contributed by atoms with E-state index in [1.165, 1.54) is 0 Å². The molecule has 0 spiro atoms. The van der Waals surface area contributed by atoms with Gasteiger partial charge in [0, 0.05) is 16.3 Å². The Morgan fingerprint density at radius 1 is 1.21 bits per heavy atom. The minimum absolute atomic E-state index is 0.00279. The van der Waals surface area contributed by atoms with Gasteiger partial charge in [0.25, 0.3) is 5.91 Å². The van der Waals surface area contributed by atoms with E-state index in [1.54, 1.807) is 10.7 Å². The highest BCUT2D eigenvalue weighted by atomic mass is 35.5. The molecule has 0 saturated carbocycles. The summed E-state index contributed by atoms with van der Waals surface area (Å²) in [6.45, 7) is 3.85. The number of hydrogen-bond acceptors (Lipinski definition) is 3. The van der Waals surface area contributed by atoms with Gasteiger partial charge < -0.3 is 10.6 Å². The molecule has 1 unspecified atom stereocenters. The van der Waals surface area contributed by atoms with Crippen molar-refractivity contribution >= 4 is 34.9 Å². The van der Waals surface area contributed by atoms with Crippen molar-refractivity contribution in [2.45, 2.75) is 26.3 Å². The fourth-order valence-electron chi connectivity index (χ4n) is 3.40. The summed E-state index contributed by atoms with van der Waals surface area (Å²) >= 11 is 6.11. The SMILES string of the molecule is Cc1ccc(NC(=O)CC2C(=O)Nc3c(-c4cccc(Cl)c4)c(C)nn32)cc1. The maximum Gasteiger partial charge on any atom is 0.251 e. The summed E-state index contributed by atoms with van der Waals surface area (Å²) in [7, 11) is 0. The molecule has 2 aromatic carbocycles. The molecule has 1 aromatic heterocycles. The minimum atomic E-state index is -0.688. The first kappa shape index (κ1) is 18.3. The second kappa shape index (κ2) is 7.13. The maximum atomic E-state index is 12.5. The van der Waals surface area contributed by atoms with E-state index >= 15 is 0 Å². The van der Waals surface area contributed by atoms with Crippen LogP contribution in [0.4, 0.5) is 11.5 Å². The highest BCUT2D eigenvalue weighted by molar-refractivity contribution is 6.30. The number of nitrogens with zero attached hydrogens (tertiary/aromatic N) is 2. The third-order valence-electron chi connectivity index (χ3n) is 4.75. The zero-order valence-electron chi connectivity index (χ0n) is 15.5. The van der Waals surface area contributed by atoms with Gasteiger partial charge in [-0.1, -0.05) is 41.4 Å². The van der Waals surface area contributed by atoms with E-state index < -0.39 is 6.04 Å². The van der Waals surface area contributed by atoms with Crippen molar-refractivity contribution in [3.63, 3.8) is 0 Å². The number of benzene rings is 2. The van der Waals surface area contributed by atoms with Crippen molar-refractivity contribution in [3.8, 4) is 11.1 Å². The van der Waals surface area contributed by atoms with Crippen molar-refractivity contribution in [1.29, 1.82) is 0 Å². The third kappa shape index (κ3) is 3.39. The first-order valence-electron chi connectivity index (χ1n) is 8.95. The molecule has 4 rings (SSSR count). The van der Waals surface area contributed by atoms with Crippen molar-refractivity contribution in [2.24, 2.45) is 0 Å². The fourth-order valence-corrected chi connectivity index (χ4v) is 3.59. The van der Waals surface area contributed by atoms with E-state index in [1.807, 2.05) is 56.3 Å². The Hall–Kier alpha value is -3.12. The van der Waals surface area contributed by atoms with Crippen LogP contribution in [0.1, 0.15) is 23.7 Å². The molecule has 6 nitrogen and oxygen atoms in total. The van der Waals surface area contributed by atoms with Crippen LogP contribution in [0.5, 0.6) is 0 Å². The van der Waals surface area contributed by atoms with Gasteiger partial charge in [0.2, 0.25) is 5.91 Å². The molecule has 2 heterocycles. The molecule has 0 aliphatic carbocycles. The molecule has 1 aliphatic rings. The van der Waals surface area contributed by atoms with Gasteiger partial charge >= 0.3 is 0 Å². The standard InChI is InChI=1S/C21H19ClN4O2/c1-12-6-8-16(9-7-12)23-18(27)11-17-21(28)24-20-19(13(2)25-26(17)20)14-4-3-5-15(22)10-14/h3-10,17H,11H2,1-2H3,(H,23,27)(H,24,28). The summed E-state index contributed by atoms with van der Waals surface area (Å²) in [5, 5.41) is 10.8. The summed E-state index contributed by atoms with van der Waals surface area (Å²) in [5.74, 6) is 0.108. The molecule has 1 atom stereocenters. The van der Waals surface area contributed by atoms with Crippen LogP contribution in [-0.2, 0) is 9.59 Å². The van der Waals surface area contributed by atoms with E-state index in [-0.39, 0.29) is 18.2 Å². The van der Waals surface area contributed by atoms with Gasteiger partial charge in [-0.15, -0.1) is 0 Å². The number of aromatic nitrogens is 2. The Balaban J connectivity index is 1.58. The number of aryl methyl sites for hydroxylation is 2.